The second-order valence-electron chi connectivity index (χ2n) is 17.1. The predicted octanol–water partition coefficient (Wildman–Crippen LogP) is 3.51. The highest BCUT2D eigenvalue weighted by Crippen LogP contribution is 2.47. The lowest BCUT2D eigenvalue weighted by Crippen LogP contribution is -2.60. The number of alkyl carbamates (subject to hydrolysis) is 1. The molecule has 1 aromatic rings. The molecule has 6 rings (SSSR count). The van der Waals surface area contributed by atoms with E-state index < -0.39 is 74.3 Å². The highest BCUT2D eigenvalue weighted by atomic mass is 32.2. The fourth-order valence-electron chi connectivity index (χ4n) is 7.81. The summed E-state index contributed by atoms with van der Waals surface area (Å²) in [5.41, 5.74) is 0.649. The van der Waals surface area contributed by atoms with E-state index >= 15 is 0 Å². The summed E-state index contributed by atoms with van der Waals surface area (Å²) in [6.45, 7) is 12.0. The molecule has 0 spiro atoms. The molecule has 0 aromatic heterocycles. The number of fused-ring (bicyclic) bond motifs is 3. The number of nitrogens with zero attached hydrogens (tertiary/aromatic N) is 2. The molecular weight excluding hydrogens is 691 g/mol. The zero-order valence-electron chi connectivity index (χ0n) is 31.1. The first kappa shape index (κ1) is 37.9. The van der Waals surface area contributed by atoms with Crippen LogP contribution >= 0.6 is 0 Å². The van der Waals surface area contributed by atoms with Gasteiger partial charge in [-0.05, 0) is 72.0 Å². The van der Waals surface area contributed by atoms with Crippen LogP contribution in [0.4, 0.5) is 9.59 Å². The predicted molar refractivity (Wildman–Crippen MR) is 190 cm³/mol. The number of benzene rings is 1. The Bertz CT molecular complexity index is 1740. The van der Waals surface area contributed by atoms with Gasteiger partial charge in [-0.3, -0.25) is 24.0 Å². The van der Waals surface area contributed by atoms with Crippen LogP contribution in [0.5, 0.6) is 0 Å². The fourth-order valence-corrected chi connectivity index (χ4v) is 9.17. The number of hydrogen-bond donors (Lipinski definition) is 3. The number of nitrogens with one attached hydrogen (secondary N) is 3. The fraction of sp³-hybridized carbons (Fsp3) is 0.703. The third-order valence-corrected chi connectivity index (χ3v) is 13.1. The summed E-state index contributed by atoms with van der Waals surface area (Å²) >= 11 is 0. The summed E-state index contributed by atoms with van der Waals surface area (Å²) in [5.74, 6) is -2.34. The maximum Gasteiger partial charge on any atom is 0.410 e. The van der Waals surface area contributed by atoms with Gasteiger partial charge in [0, 0.05) is 19.5 Å². The molecule has 0 radical (unpaired) electrons. The van der Waals surface area contributed by atoms with Crippen molar-refractivity contribution in [3.05, 3.63) is 34.9 Å². The van der Waals surface area contributed by atoms with Gasteiger partial charge in [-0.15, -0.1) is 0 Å². The SMILES string of the molecule is CCC1C[C@]1(NC(=O)[C@@H]1C[C@@H]2CN1C(=O)[C@H](C(C)(C)C)NC(=O)OCC(C)(C)CCCc1cccc3c1CN(C3)C(=O)O2)C(=O)NS(=O)(=O)C1CC1. The molecule has 3 aliphatic heterocycles. The molecule has 1 saturated heterocycles. The number of aryl methyl sites for hydroxylation is 1. The molecule has 1 aromatic carbocycles. The van der Waals surface area contributed by atoms with E-state index in [1.807, 2.05) is 32.9 Å². The van der Waals surface area contributed by atoms with Gasteiger partial charge in [-0.2, -0.15) is 0 Å². The van der Waals surface area contributed by atoms with Crippen LogP contribution in [0, 0.1) is 16.7 Å². The van der Waals surface area contributed by atoms with Gasteiger partial charge in [0.15, 0.2) is 0 Å². The molecule has 5 atom stereocenters. The minimum Gasteiger partial charge on any atom is -0.449 e. The van der Waals surface area contributed by atoms with Crippen LogP contribution in [0.2, 0.25) is 0 Å². The van der Waals surface area contributed by atoms with Gasteiger partial charge >= 0.3 is 12.2 Å². The zero-order chi connectivity index (χ0) is 37.8. The van der Waals surface area contributed by atoms with E-state index in [2.05, 4.69) is 21.4 Å². The number of carbonyl (C=O) groups excluding carboxylic acids is 5. The van der Waals surface area contributed by atoms with Crippen LogP contribution in [0.15, 0.2) is 18.2 Å². The molecule has 15 heteroatoms. The largest absolute Gasteiger partial charge is 0.449 e. The Labute approximate surface area is 306 Å². The molecule has 14 nitrogen and oxygen atoms in total. The Morgan fingerprint density at radius 3 is 2.44 bits per heavy atom. The van der Waals surface area contributed by atoms with E-state index in [-0.39, 0.29) is 37.3 Å². The van der Waals surface area contributed by atoms with Crippen molar-refractivity contribution in [1.29, 1.82) is 0 Å². The molecule has 2 saturated carbocycles. The third kappa shape index (κ3) is 7.89. The van der Waals surface area contributed by atoms with Gasteiger partial charge in [0.2, 0.25) is 21.8 Å². The molecule has 286 valence electrons. The number of sulfonamides is 1. The van der Waals surface area contributed by atoms with Gasteiger partial charge in [0.05, 0.1) is 18.4 Å². The first-order chi connectivity index (χ1) is 24.3. The number of amides is 5. The maximum atomic E-state index is 14.5. The van der Waals surface area contributed by atoms with E-state index in [0.717, 1.165) is 36.0 Å². The average molecular weight is 744 g/mol. The van der Waals surface area contributed by atoms with Gasteiger partial charge in [-0.25, -0.2) is 18.0 Å². The molecule has 1 unspecified atom stereocenters. The molecule has 4 bridgehead atoms. The zero-order valence-corrected chi connectivity index (χ0v) is 31.9. The summed E-state index contributed by atoms with van der Waals surface area (Å²) in [6.07, 6.45) is 1.85. The van der Waals surface area contributed by atoms with Crippen LogP contribution in [-0.4, -0.2) is 90.3 Å². The van der Waals surface area contributed by atoms with Crippen molar-refractivity contribution < 1.29 is 41.9 Å². The Morgan fingerprint density at radius 1 is 1.08 bits per heavy atom. The monoisotopic (exact) mass is 743 g/mol. The van der Waals surface area contributed by atoms with E-state index in [4.69, 9.17) is 9.47 Å². The lowest BCUT2D eigenvalue weighted by Gasteiger charge is -2.35. The molecule has 52 heavy (non-hydrogen) atoms. The number of rotatable bonds is 6. The van der Waals surface area contributed by atoms with Crippen molar-refractivity contribution in [3.8, 4) is 0 Å². The van der Waals surface area contributed by atoms with Crippen molar-refractivity contribution in [1.82, 2.24) is 25.2 Å². The van der Waals surface area contributed by atoms with Gasteiger partial charge < -0.3 is 25.0 Å². The summed E-state index contributed by atoms with van der Waals surface area (Å²) in [6, 6.07) is 3.76. The van der Waals surface area contributed by atoms with Gasteiger partial charge in [-0.1, -0.05) is 66.2 Å². The smallest absolute Gasteiger partial charge is 0.410 e. The first-order valence-electron chi connectivity index (χ1n) is 18.5. The van der Waals surface area contributed by atoms with Crippen LogP contribution < -0.4 is 15.4 Å². The standard InChI is InChI=1S/C37H53N5O9S/c1-7-24-17-37(24,32(45)40-52(48,49)26-13-14-26)39-30(43)28-16-25-19-42(28)31(44)29(35(2,3)4)38-33(46)50-21-36(5,6)15-9-12-22-10-8-11-23-18-41(20-27(22)23)34(47)51-25/h8,10-11,24-26,28-29H,7,9,12-21H2,1-6H3,(H,38,46)(H,39,43)(H,40,45)/t24?,25-,28+,29-,37-/m1/s1. The number of cyclic esters (lactones) is 1. The molecule has 3 N–H and O–H groups in total. The Kier molecular flexibility index (Phi) is 10.1. The molecule has 2 aliphatic carbocycles. The Hall–Kier alpha value is -3.88. The van der Waals surface area contributed by atoms with E-state index in [0.29, 0.717) is 32.4 Å². The van der Waals surface area contributed by atoms with E-state index in [9.17, 15) is 32.4 Å². The second kappa shape index (κ2) is 13.8. The summed E-state index contributed by atoms with van der Waals surface area (Å²) in [7, 11) is -3.87. The molecule has 3 fully saturated rings. The summed E-state index contributed by atoms with van der Waals surface area (Å²) in [5, 5.41) is 4.94. The molecule has 5 amide bonds. The Morgan fingerprint density at radius 2 is 1.79 bits per heavy atom. The van der Waals surface area contributed by atoms with Crippen LogP contribution in [0.25, 0.3) is 0 Å². The molecule has 3 heterocycles. The van der Waals surface area contributed by atoms with E-state index in [1.165, 1.54) is 4.90 Å². The number of hydrogen-bond acceptors (Lipinski definition) is 9. The average Bonchev–Trinajstić information content (AvgIpc) is 3.95. The third-order valence-electron chi connectivity index (χ3n) is 11.3. The Balaban J connectivity index is 1.28. The van der Waals surface area contributed by atoms with Crippen LogP contribution in [0.1, 0.15) is 103 Å². The topological polar surface area (TPSA) is 181 Å². The normalized spacial score (nSPS) is 29.5. The maximum absolute atomic E-state index is 14.5. The second-order valence-corrected chi connectivity index (χ2v) is 19.1. The molecule has 5 aliphatic rings. The molecular formula is C37H53N5O9S. The van der Waals surface area contributed by atoms with Crippen LogP contribution in [0.3, 0.4) is 0 Å². The lowest BCUT2D eigenvalue weighted by molar-refractivity contribution is -0.143. The van der Waals surface area contributed by atoms with E-state index in [1.54, 1.807) is 25.7 Å². The number of carbonyl (C=O) groups is 5. The number of ether oxygens (including phenoxy) is 2. The van der Waals surface area contributed by atoms with Crippen molar-refractivity contribution >= 4 is 39.9 Å². The lowest BCUT2D eigenvalue weighted by atomic mass is 9.85. The van der Waals surface area contributed by atoms with Crippen molar-refractivity contribution in [3.63, 3.8) is 0 Å². The van der Waals surface area contributed by atoms with Crippen molar-refractivity contribution in [2.45, 2.75) is 135 Å². The highest BCUT2D eigenvalue weighted by Gasteiger charge is 2.62. The first-order valence-corrected chi connectivity index (χ1v) is 20.1. The van der Waals surface area contributed by atoms with Gasteiger partial charge in [0.1, 0.15) is 23.7 Å². The minimum absolute atomic E-state index is 0.0558. The van der Waals surface area contributed by atoms with Crippen molar-refractivity contribution in [2.24, 2.45) is 16.7 Å². The quantitative estimate of drug-likeness (QED) is 0.393. The summed E-state index contributed by atoms with van der Waals surface area (Å²) in [4.78, 5) is 72.0. The highest BCUT2D eigenvalue weighted by molar-refractivity contribution is 7.91. The van der Waals surface area contributed by atoms with Gasteiger partial charge in [0.25, 0.3) is 5.91 Å². The van der Waals surface area contributed by atoms with Crippen molar-refractivity contribution in [2.75, 3.05) is 13.2 Å². The summed E-state index contributed by atoms with van der Waals surface area (Å²) < 4.78 is 39.2. The minimum atomic E-state index is -3.87. The van der Waals surface area contributed by atoms with Crippen LogP contribution in [-0.2, 0) is 53.4 Å².